The number of ether oxygens (including phenoxy) is 1. The third kappa shape index (κ3) is 6.06. The van der Waals surface area contributed by atoms with Crippen LogP contribution in [0.3, 0.4) is 0 Å². The van der Waals surface area contributed by atoms with Gasteiger partial charge in [0.15, 0.2) is 0 Å². The Morgan fingerprint density at radius 3 is 2.46 bits per heavy atom. The van der Waals surface area contributed by atoms with E-state index in [-0.39, 0.29) is 6.09 Å². The number of pyridine rings is 1. The highest BCUT2D eigenvalue weighted by Gasteiger charge is 2.29. The van der Waals surface area contributed by atoms with E-state index in [1.165, 1.54) is 0 Å². The molecular formula is C31H40ClN7O2. The molecular weight excluding hydrogens is 538 g/mol. The molecule has 1 fully saturated rings. The van der Waals surface area contributed by atoms with Gasteiger partial charge < -0.3 is 24.3 Å². The number of likely N-dealkylation sites (N-methyl/N-ethyl adjacent to an activating group) is 2. The van der Waals surface area contributed by atoms with Gasteiger partial charge in [-0.1, -0.05) is 17.7 Å². The molecule has 1 N–H and O–H groups in total. The monoisotopic (exact) mass is 577 g/mol. The van der Waals surface area contributed by atoms with Crippen molar-refractivity contribution in [2.75, 3.05) is 70.2 Å². The van der Waals surface area contributed by atoms with E-state index >= 15 is 0 Å². The number of nitrogens with zero attached hydrogens (tertiary/aromatic N) is 6. The lowest BCUT2D eigenvalue weighted by Crippen LogP contribution is -2.50. The molecule has 0 spiro atoms. The highest BCUT2D eigenvalue weighted by Crippen LogP contribution is 2.42. The predicted molar refractivity (Wildman–Crippen MR) is 168 cm³/mol. The maximum absolute atomic E-state index is 12.7. The maximum Gasteiger partial charge on any atom is 0.410 e. The molecule has 1 saturated heterocycles. The van der Waals surface area contributed by atoms with E-state index in [2.05, 4.69) is 71.2 Å². The van der Waals surface area contributed by atoms with Crippen molar-refractivity contribution in [3.8, 4) is 11.1 Å². The first-order valence-electron chi connectivity index (χ1n) is 14.1. The Kier molecular flexibility index (Phi) is 8.03. The van der Waals surface area contributed by atoms with Crippen molar-refractivity contribution >= 4 is 50.9 Å². The topological polar surface area (TPSA) is 80.8 Å². The number of aryl methyl sites for hydroxylation is 1. The quantitative estimate of drug-likeness (QED) is 0.310. The first-order valence-corrected chi connectivity index (χ1v) is 14.4. The lowest BCUT2D eigenvalue weighted by molar-refractivity contribution is 0.0241. The number of nitrogens with one attached hydrogen (secondary N) is 1. The van der Waals surface area contributed by atoms with E-state index in [0.717, 1.165) is 63.0 Å². The smallest absolute Gasteiger partial charge is 0.410 e. The Morgan fingerprint density at radius 1 is 1.05 bits per heavy atom. The SMILES string of the molecule is Cc1ccc2[nH]ncc2c1-c1cc2ncc(N(C)CCN(C)C)c(N3CCN(C(=O)OC(C)(C)C)CC3)c2cc1Cl. The summed E-state index contributed by atoms with van der Waals surface area (Å²) in [5, 5.41) is 10.0. The summed E-state index contributed by atoms with van der Waals surface area (Å²) in [5.41, 5.74) is 6.57. The fourth-order valence-corrected chi connectivity index (χ4v) is 5.64. The van der Waals surface area contributed by atoms with Crippen LogP contribution in [-0.4, -0.2) is 97.1 Å². The van der Waals surface area contributed by atoms with Crippen LogP contribution in [0.5, 0.6) is 0 Å². The van der Waals surface area contributed by atoms with Crippen LogP contribution in [0, 0.1) is 6.92 Å². The number of halogens is 1. The lowest BCUT2D eigenvalue weighted by Gasteiger charge is -2.39. The number of rotatable bonds is 6. The van der Waals surface area contributed by atoms with Crippen molar-refractivity contribution in [1.82, 2.24) is 25.0 Å². The van der Waals surface area contributed by atoms with Gasteiger partial charge in [0.2, 0.25) is 0 Å². The van der Waals surface area contributed by atoms with Gasteiger partial charge in [0.05, 0.1) is 34.8 Å². The van der Waals surface area contributed by atoms with Crippen molar-refractivity contribution in [3.63, 3.8) is 0 Å². The first-order chi connectivity index (χ1) is 19.4. The summed E-state index contributed by atoms with van der Waals surface area (Å²) in [5.74, 6) is 0. The van der Waals surface area contributed by atoms with E-state index in [9.17, 15) is 4.79 Å². The summed E-state index contributed by atoms with van der Waals surface area (Å²) in [6, 6.07) is 8.27. The summed E-state index contributed by atoms with van der Waals surface area (Å²) in [4.78, 5) is 26.3. The molecule has 1 aliphatic heterocycles. The van der Waals surface area contributed by atoms with E-state index in [1.807, 2.05) is 39.2 Å². The molecule has 2 aromatic carbocycles. The third-order valence-electron chi connectivity index (χ3n) is 7.55. The van der Waals surface area contributed by atoms with Gasteiger partial charge in [-0.05, 0) is 71.1 Å². The Labute approximate surface area is 247 Å². The summed E-state index contributed by atoms with van der Waals surface area (Å²) in [6.45, 7) is 12.0. The number of carbonyl (C=O) groups is 1. The van der Waals surface area contributed by atoms with Crippen molar-refractivity contribution in [3.05, 3.63) is 47.2 Å². The molecule has 3 heterocycles. The minimum Gasteiger partial charge on any atom is -0.444 e. The van der Waals surface area contributed by atoms with Crippen LogP contribution in [0.1, 0.15) is 26.3 Å². The summed E-state index contributed by atoms with van der Waals surface area (Å²) in [7, 11) is 6.26. The average molecular weight is 578 g/mol. The number of carbonyl (C=O) groups excluding carboxylic acids is 1. The van der Waals surface area contributed by atoms with Crippen LogP contribution >= 0.6 is 11.6 Å². The number of fused-ring (bicyclic) bond motifs is 2. The molecule has 0 unspecified atom stereocenters. The number of hydrogen-bond acceptors (Lipinski definition) is 7. The molecule has 9 nitrogen and oxygen atoms in total. The number of piperazine rings is 1. The second-order valence-corrected chi connectivity index (χ2v) is 12.5. The Balaban J connectivity index is 1.56. The van der Waals surface area contributed by atoms with Gasteiger partial charge in [0.1, 0.15) is 5.60 Å². The van der Waals surface area contributed by atoms with Crippen LogP contribution < -0.4 is 9.80 Å². The zero-order valence-electron chi connectivity index (χ0n) is 25.1. The molecule has 1 aliphatic rings. The molecule has 41 heavy (non-hydrogen) atoms. The summed E-state index contributed by atoms with van der Waals surface area (Å²) < 4.78 is 5.63. The molecule has 1 amide bonds. The Bertz CT molecular complexity index is 1570. The van der Waals surface area contributed by atoms with Gasteiger partial charge in [-0.15, -0.1) is 0 Å². The number of aromatic amines is 1. The Hall–Kier alpha value is -3.56. The minimum absolute atomic E-state index is 0.267. The standard InChI is InChI=1S/C31H40ClN7O2/c1-20-8-9-25-23(18-34-35-25)28(20)21-17-26-22(16-24(21)32)29(27(19-33-26)37(7)11-10-36(5)6)38-12-14-39(15-13-38)30(40)41-31(2,3)4/h8-9,16-19H,10-15H2,1-7H3,(H,34,35). The predicted octanol–water partition coefficient (Wildman–Crippen LogP) is 5.79. The molecule has 0 aliphatic carbocycles. The van der Waals surface area contributed by atoms with E-state index < -0.39 is 5.60 Å². The lowest BCUT2D eigenvalue weighted by atomic mass is 9.95. The molecule has 10 heteroatoms. The van der Waals surface area contributed by atoms with E-state index in [0.29, 0.717) is 31.2 Å². The highest BCUT2D eigenvalue weighted by atomic mass is 35.5. The molecule has 0 saturated carbocycles. The molecule has 218 valence electrons. The fraction of sp³-hybridized carbons (Fsp3) is 0.452. The molecule has 0 atom stereocenters. The highest BCUT2D eigenvalue weighted by molar-refractivity contribution is 6.35. The van der Waals surface area contributed by atoms with Crippen molar-refractivity contribution in [1.29, 1.82) is 0 Å². The normalized spacial score (nSPS) is 14.4. The van der Waals surface area contributed by atoms with Gasteiger partial charge in [-0.3, -0.25) is 10.1 Å². The second-order valence-electron chi connectivity index (χ2n) is 12.1. The van der Waals surface area contributed by atoms with Gasteiger partial charge in [-0.2, -0.15) is 5.10 Å². The summed E-state index contributed by atoms with van der Waals surface area (Å²) in [6.07, 6.45) is 3.55. The van der Waals surface area contributed by atoms with Crippen molar-refractivity contribution in [2.45, 2.75) is 33.3 Å². The molecule has 4 aromatic rings. The van der Waals surface area contributed by atoms with Crippen LogP contribution in [0.25, 0.3) is 32.9 Å². The van der Waals surface area contributed by atoms with Gasteiger partial charge in [-0.25, -0.2) is 4.79 Å². The van der Waals surface area contributed by atoms with E-state index in [1.54, 1.807) is 4.90 Å². The van der Waals surface area contributed by atoms with Crippen molar-refractivity contribution < 1.29 is 9.53 Å². The van der Waals surface area contributed by atoms with Gasteiger partial charge in [0.25, 0.3) is 0 Å². The van der Waals surface area contributed by atoms with E-state index in [4.69, 9.17) is 21.3 Å². The maximum atomic E-state index is 12.7. The minimum atomic E-state index is -0.522. The number of H-pyrrole nitrogens is 1. The molecule has 0 radical (unpaired) electrons. The molecule has 2 aromatic heterocycles. The zero-order valence-corrected chi connectivity index (χ0v) is 25.8. The van der Waals surface area contributed by atoms with Crippen LogP contribution in [-0.2, 0) is 4.74 Å². The Morgan fingerprint density at radius 2 is 1.78 bits per heavy atom. The average Bonchev–Trinajstić information content (AvgIpc) is 3.39. The molecule has 5 rings (SSSR count). The fourth-order valence-electron chi connectivity index (χ4n) is 5.38. The summed E-state index contributed by atoms with van der Waals surface area (Å²) >= 11 is 7.08. The number of anilines is 2. The second kappa shape index (κ2) is 11.4. The number of benzene rings is 2. The first kappa shape index (κ1) is 29.0. The van der Waals surface area contributed by atoms with Crippen LogP contribution in [0.15, 0.2) is 36.7 Å². The van der Waals surface area contributed by atoms with Crippen LogP contribution in [0.2, 0.25) is 5.02 Å². The van der Waals surface area contributed by atoms with Gasteiger partial charge in [0, 0.05) is 67.7 Å². The number of aromatic nitrogens is 3. The largest absolute Gasteiger partial charge is 0.444 e. The third-order valence-corrected chi connectivity index (χ3v) is 7.87. The van der Waals surface area contributed by atoms with Crippen LogP contribution in [0.4, 0.5) is 16.2 Å². The number of amides is 1. The molecule has 0 bridgehead atoms. The van der Waals surface area contributed by atoms with Crippen molar-refractivity contribution in [2.24, 2.45) is 0 Å². The number of hydrogen-bond donors (Lipinski definition) is 1. The van der Waals surface area contributed by atoms with Gasteiger partial charge >= 0.3 is 6.09 Å². The zero-order chi connectivity index (χ0) is 29.5.